The van der Waals surface area contributed by atoms with Gasteiger partial charge in [-0.15, -0.1) is 0 Å². The number of hydrogen-bond acceptors (Lipinski definition) is 5. The lowest BCUT2D eigenvalue weighted by molar-refractivity contribution is -0.130. The van der Waals surface area contributed by atoms with Crippen molar-refractivity contribution in [3.63, 3.8) is 0 Å². The molecule has 1 fully saturated rings. The summed E-state index contributed by atoms with van der Waals surface area (Å²) in [7, 11) is 3.55. The number of nitrogens with one attached hydrogen (secondary N) is 1. The van der Waals surface area contributed by atoms with Crippen molar-refractivity contribution in [2.75, 3.05) is 46.9 Å². The van der Waals surface area contributed by atoms with E-state index in [2.05, 4.69) is 10.2 Å². The minimum absolute atomic E-state index is 0.0562. The van der Waals surface area contributed by atoms with Gasteiger partial charge in [-0.2, -0.15) is 0 Å². The molecule has 0 radical (unpaired) electrons. The second-order valence-corrected chi connectivity index (χ2v) is 5.93. The number of carbonyl (C=O) groups excluding carboxylic acids is 1. The van der Waals surface area contributed by atoms with Gasteiger partial charge in [0.1, 0.15) is 0 Å². The van der Waals surface area contributed by atoms with Crippen LogP contribution in [0.1, 0.15) is 26.2 Å². The Balaban J connectivity index is 2.40. The highest BCUT2D eigenvalue weighted by atomic mass is 16.3. The number of aliphatic hydroxyl groups excluding tert-OH is 2. The highest BCUT2D eigenvalue weighted by Crippen LogP contribution is 2.16. The Morgan fingerprint density at radius 3 is 2.25 bits per heavy atom. The molecule has 1 amide bonds. The Kier molecular flexibility index (Phi) is 6.88. The van der Waals surface area contributed by atoms with Crippen molar-refractivity contribution in [3.8, 4) is 0 Å². The third-order valence-corrected chi connectivity index (χ3v) is 4.24. The molecule has 6 heteroatoms. The zero-order valence-electron chi connectivity index (χ0n) is 12.9. The van der Waals surface area contributed by atoms with Crippen LogP contribution in [0.25, 0.3) is 0 Å². The van der Waals surface area contributed by atoms with Crippen LogP contribution in [-0.4, -0.2) is 84.4 Å². The van der Waals surface area contributed by atoms with Gasteiger partial charge in [-0.3, -0.25) is 9.69 Å². The van der Waals surface area contributed by atoms with E-state index in [0.717, 1.165) is 25.9 Å². The van der Waals surface area contributed by atoms with Gasteiger partial charge >= 0.3 is 0 Å². The fourth-order valence-electron chi connectivity index (χ4n) is 2.47. The number of piperidine rings is 1. The van der Waals surface area contributed by atoms with E-state index in [0.29, 0.717) is 19.0 Å². The van der Waals surface area contributed by atoms with E-state index in [4.69, 9.17) is 0 Å². The van der Waals surface area contributed by atoms with E-state index in [1.54, 1.807) is 19.0 Å². The first-order valence-electron chi connectivity index (χ1n) is 7.38. The molecule has 0 unspecified atom stereocenters. The third kappa shape index (κ3) is 4.70. The average molecular weight is 287 g/mol. The van der Waals surface area contributed by atoms with Gasteiger partial charge in [0.25, 0.3) is 0 Å². The van der Waals surface area contributed by atoms with Gasteiger partial charge in [0.2, 0.25) is 5.91 Å². The maximum absolute atomic E-state index is 11.7. The predicted octanol–water partition coefficient (Wildman–Crippen LogP) is -0.738. The monoisotopic (exact) mass is 287 g/mol. The number of carbonyl (C=O) groups is 1. The highest BCUT2D eigenvalue weighted by Gasteiger charge is 2.31. The first-order chi connectivity index (χ1) is 9.46. The summed E-state index contributed by atoms with van der Waals surface area (Å²) in [4.78, 5) is 15.4. The molecule has 0 aromatic heterocycles. The largest absolute Gasteiger partial charge is 0.394 e. The number of hydrogen-bond donors (Lipinski definition) is 3. The van der Waals surface area contributed by atoms with Gasteiger partial charge in [-0.1, -0.05) is 6.92 Å². The molecule has 0 aromatic rings. The van der Waals surface area contributed by atoms with Crippen molar-refractivity contribution in [3.05, 3.63) is 0 Å². The molecule has 0 spiro atoms. The molecule has 1 heterocycles. The van der Waals surface area contributed by atoms with Gasteiger partial charge in [-0.05, 0) is 19.3 Å². The number of nitrogens with zero attached hydrogens (tertiary/aromatic N) is 2. The Bertz CT molecular complexity index is 290. The van der Waals surface area contributed by atoms with E-state index in [9.17, 15) is 15.0 Å². The molecular weight excluding hydrogens is 258 g/mol. The first-order valence-corrected chi connectivity index (χ1v) is 7.38. The van der Waals surface area contributed by atoms with Crippen LogP contribution in [0.15, 0.2) is 0 Å². The Morgan fingerprint density at radius 2 is 1.85 bits per heavy atom. The van der Waals surface area contributed by atoms with Crippen LogP contribution in [0.3, 0.4) is 0 Å². The lowest BCUT2D eigenvalue weighted by Crippen LogP contribution is -2.58. The first kappa shape index (κ1) is 17.4. The summed E-state index contributed by atoms with van der Waals surface area (Å²) in [6.45, 7) is 4.06. The van der Waals surface area contributed by atoms with Crippen molar-refractivity contribution in [1.82, 2.24) is 15.1 Å². The van der Waals surface area contributed by atoms with Gasteiger partial charge in [-0.25, -0.2) is 0 Å². The molecule has 1 rings (SSSR count). The molecule has 1 aliphatic rings. The van der Waals surface area contributed by atoms with E-state index in [1.165, 1.54) is 0 Å². The standard InChI is InChI=1S/C14H29N3O3/c1-4-14(10-18,11-19)15-12-5-7-17(8-6-12)9-13(20)16(2)3/h12,15,18-19H,4-11H2,1-3H3. The van der Waals surface area contributed by atoms with Crippen molar-refractivity contribution < 1.29 is 15.0 Å². The third-order valence-electron chi connectivity index (χ3n) is 4.24. The summed E-state index contributed by atoms with van der Waals surface area (Å²) in [6, 6.07) is 0.292. The Hall–Kier alpha value is -0.690. The normalized spacial score (nSPS) is 18.2. The van der Waals surface area contributed by atoms with Crippen LogP contribution in [0.5, 0.6) is 0 Å². The molecule has 1 aliphatic heterocycles. The number of aliphatic hydroxyl groups is 2. The predicted molar refractivity (Wildman–Crippen MR) is 78.5 cm³/mol. The van der Waals surface area contributed by atoms with Crippen molar-refractivity contribution >= 4 is 5.91 Å². The maximum atomic E-state index is 11.7. The Morgan fingerprint density at radius 1 is 1.30 bits per heavy atom. The fraction of sp³-hybridized carbons (Fsp3) is 0.929. The van der Waals surface area contributed by atoms with Crippen LogP contribution in [0.4, 0.5) is 0 Å². The molecule has 3 N–H and O–H groups in total. The second kappa shape index (κ2) is 7.93. The summed E-state index contributed by atoms with van der Waals surface area (Å²) in [5.41, 5.74) is -0.577. The summed E-state index contributed by atoms with van der Waals surface area (Å²) >= 11 is 0. The molecule has 6 nitrogen and oxygen atoms in total. The highest BCUT2D eigenvalue weighted by molar-refractivity contribution is 5.77. The van der Waals surface area contributed by atoms with Gasteiger partial charge in [0.15, 0.2) is 0 Å². The minimum atomic E-state index is -0.577. The molecule has 0 saturated carbocycles. The summed E-state index contributed by atoms with van der Waals surface area (Å²) in [5, 5.41) is 22.3. The minimum Gasteiger partial charge on any atom is -0.394 e. The number of rotatable bonds is 7. The lowest BCUT2D eigenvalue weighted by Gasteiger charge is -2.39. The van der Waals surface area contributed by atoms with Gasteiger partial charge < -0.3 is 20.4 Å². The van der Waals surface area contributed by atoms with E-state index < -0.39 is 5.54 Å². The summed E-state index contributed by atoms with van der Waals surface area (Å²) < 4.78 is 0. The topological polar surface area (TPSA) is 76.0 Å². The molecule has 20 heavy (non-hydrogen) atoms. The maximum Gasteiger partial charge on any atom is 0.236 e. The van der Waals surface area contributed by atoms with Crippen molar-refractivity contribution in [2.24, 2.45) is 0 Å². The second-order valence-electron chi connectivity index (χ2n) is 5.93. The smallest absolute Gasteiger partial charge is 0.236 e. The fourth-order valence-corrected chi connectivity index (χ4v) is 2.47. The molecule has 1 saturated heterocycles. The van der Waals surface area contributed by atoms with Crippen LogP contribution in [0, 0.1) is 0 Å². The van der Waals surface area contributed by atoms with E-state index in [-0.39, 0.29) is 19.1 Å². The van der Waals surface area contributed by atoms with Gasteiger partial charge in [0, 0.05) is 33.2 Å². The molecule has 118 valence electrons. The van der Waals surface area contributed by atoms with Gasteiger partial charge in [0.05, 0.1) is 25.3 Å². The summed E-state index contributed by atoms with van der Waals surface area (Å²) in [5.74, 6) is 0.130. The van der Waals surface area contributed by atoms with Crippen molar-refractivity contribution in [1.29, 1.82) is 0 Å². The van der Waals surface area contributed by atoms with E-state index >= 15 is 0 Å². The molecule has 0 aliphatic carbocycles. The van der Waals surface area contributed by atoms with Crippen LogP contribution >= 0.6 is 0 Å². The lowest BCUT2D eigenvalue weighted by atomic mass is 9.94. The van der Waals surface area contributed by atoms with Crippen LogP contribution in [-0.2, 0) is 4.79 Å². The SMILES string of the molecule is CCC(CO)(CO)NC1CCN(CC(=O)N(C)C)CC1. The average Bonchev–Trinajstić information content (AvgIpc) is 2.46. The number of likely N-dealkylation sites (N-methyl/N-ethyl adjacent to an activating group) is 1. The zero-order valence-corrected chi connectivity index (χ0v) is 12.9. The number of likely N-dealkylation sites (tertiary alicyclic amines) is 1. The molecular formula is C14H29N3O3. The van der Waals surface area contributed by atoms with Crippen LogP contribution < -0.4 is 5.32 Å². The Labute approximate surface area is 121 Å². The van der Waals surface area contributed by atoms with Crippen LogP contribution in [0.2, 0.25) is 0 Å². The summed E-state index contributed by atoms with van der Waals surface area (Å²) in [6.07, 6.45) is 2.56. The molecule has 0 aromatic carbocycles. The molecule has 0 atom stereocenters. The van der Waals surface area contributed by atoms with E-state index in [1.807, 2.05) is 6.92 Å². The molecule has 0 bridgehead atoms. The van der Waals surface area contributed by atoms with Crippen molar-refractivity contribution in [2.45, 2.75) is 37.8 Å². The zero-order chi connectivity index (χ0) is 15.2. The number of amides is 1. The quantitative estimate of drug-likeness (QED) is 0.575.